The molecule has 0 heterocycles. The number of halogens is 2. The van der Waals surface area contributed by atoms with E-state index in [1.165, 1.54) is 5.56 Å². The van der Waals surface area contributed by atoms with E-state index in [0.29, 0.717) is 19.0 Å². The molecule has 2 rings (SSSR count). The zero-order valence-electron chi connectivity index (χ0n) is 15.4. The van der Waals surface area contributed by atoms with Crippen molar-refractivity contribution >= 4 is 30.7 Å². The molecule has 4 nitrogen and oxygen atoms in total. The first kappa shape index (κ1) is 24.2. The van der Waals surface area contributed by atoms with Crippen molar-refractivity contribution in [2.75, 3.05) is 19.6 Å². The van der Waals surface area contributed by atoms with Crippen LogP contribution in [-0.4, -0.2) is 30.4 Å². The lowest BCUT2D eigenvalue weighted by Gasteiger charge is -2.19. The first-order chi connectivity index (χ1) is 11.2. The molecule has 0 saturated heterocycles. The summed E-state index contributed by atoms with van der Waals surface area (Å²) in [6.45, 7) is 8.72. The number of nitrogens with two attached hydrogens (primary N) is 1. The van der Waals surface area contributed by atoms with Gasteiger partial charge in [-0.1, -0.05) is 44.5 Å². The molecule has 0 aliphatic heterocycles. The summed E-state index contributed by atoms with van der Waals surface area (Å²) in [5, 5.41) is 3.08. The zero-order valence-corrected chi connectivity index (χ0v) is 17.0. The molecule has 6 heteroatoms. The van der Waals surface area contributed by atoms with E-state index in [2.05, 4.69) is 48.3 Å². The van der Waals surface area contributed by atoms with Gasteiger partial charge in [-0.25, -0.2) is 0 Å². The van der Waals surface area contributed by atoms with Crippen molar-refractivity contribution in [2.24, 2.45) is 17.6 Å². The topological polar surface area (TPSA) is 58.4 Å². The first-order valence-electron chi connectivity index (χ1n) is 8.95. The highest BCUT2D eigenvalue weighted by Crippen LogP contribution is 2.30. The van der Waals surface area contributed by atoms with Gasteiger partial charge in [0.1, 0.15) is 0 Å². The molecule has 1 aromatic rings. The fourth-order valence-corrected chi connectivity index (χ4v) is 3.45. The molecule has 0 aromatic heterocycles. The second kappa shape index (κ2) is 12.5. The Labute approximate surface area is 164 Å². The van der Waals surface area contributed by atoms with Crippen LogP contribution in [0.25, 0.3) is 0 Å². The van der Waals surface area contributed by atoms with Crippen LogP contribution in [0.4, 0.5) is 0 Å². The second-order valence-corrected chi connectivity index (χ2v) is 6.53. The predicted molar refractivity (Wildman–Crippen MR) is 109 cm³/mol. The lowest BCUT2D eigenvalue weighted by Crippen LogP contribution is -2.34. The van der Waals surface area contributed by atoms with Crippen LogP contribution in [-0.2, 0) is 17.9 Å². The summed E-state index contributed by atoms with van der Waals surface area (Å²) in [6.07, 6.45) is 3.20. The summed E-state index contributed by atoms with van der Waals surface area (Å²) in [4.78, 5) is 14.7. The molecule has 0 spiro atoms. The van der Waals surface area contributed by atoms with Gasteiger partial charge in [0.2, 0.25) is 5.91 Å². The minimum atomic E-state index is 0. The summed E-state index contributed by atoms with van der Waals surface area (Å²) in [6, 6.07) is 8.57. The van der Waals surface area contributed by atoms with Crippen LogP contribution in [0.15, 0.2) is 24.3 Å². The van der Waals surface area contributed by atoms with Crippen LogP contribution < -0.4 is 11.1 Å². The summed E-state index contributed by atoms with van der Waals surface area (Å²) >= 11 is 0. The van der Waals surface area contributed by atoms with Gasteiger partial charge < -0.3 is 11.1 Å². The van der Waals surface area contributed by atoms with Crippen molar-refractivity contribution in [3.05, 3.63) is 35.4 Å². The van der Waals surface area contributed by atoms with Gasteiger partial charge in [0, 0.05) is 19.0 Å². The average molecular weight is 390 g/mol. The first-order valence-corrected chi connectivity index (χ1v) is 8.95. The van der Waals surface area contributed by atoms with Crippen LogP contribution >= 0.6 is 24.8 Å². The highest BCUT2D eigenvalue weighted by molar-refractivity contribution is 5.85. The minimum Gasteiger partial charge on any atom is -0.352 e. The van der Waals surface area contributed by atoms with Gasteiger partial charge in [-0.15, -0.1) is 24.8 Å². The van der Waals surface area contributed by atoms with Gasteiger partial charge in [-0.2, -0.15) is 0 Å². The normalized spacial score (nSPS) is 19.2. The third-order valence-electron chi connectivity index (χ3n) is 5.09. The van der Waals surface area contributed by atoms with Crippen LogP contribution in [0.1, 0.15) is 44.2 Å². The van der Waals surface area contributed by atoms with Crippen LogP contribution in [0.5, 0.6) is 0 Å². The number of carbonyl (C=O) groups is 1. The smallest absolute Gasteiger partial charge is 0.223 e. The number of benzene rings is 1. The molecular formula is C19H33Cl2N3O. The molecule has 0 radical (unpaired) electrons. The van der Waals surface area contributed by atoms with Crippen LogP contribution in [0.3, 0.4) is 0 Å². The molecule has 144 valence electrons. The third kappa shape index (κ3) is 7.14. The van der Waals surface area contributed by atoms with E-state index in [1.807, 2.05) is 0 Å². The number of carbonyl (C=O) groups excluding carboxylic acids is 1. The summed E-state index contributed by atoms with van der Waals surface area (Å²) < 4.78 is 0. The van der Waals surface area contributed by atoms with Crippen molar-refractivity contribution in [1.29, 1.82) is 0 Å². The molecule has 1 fully saturated rings. The van der Waals surface area contributed by atoms with Gasteiger partial charge in [0.05, 0.1) is 0 Å². The molecule has 2 atom stereocenters. The molecular weight excluding hydrogens is 357 g/mol. The van der Waals surface area contributed by atoms with Gasteiger partial charge in [0.15, 0.2) is 0 Å². The van der Waals surface area contributed by atoms with Crippen LogP contribution in [0.2, 0.25) is 0 Å². The van der Waals surface area contributed by atoms with Crippen molar-refractivity contribution < 1.29 is 4.79 Å². The molecule has 1 amide bonds. The second-order valence-electron chi connectivity index (χ2n) is 6.53. The van der Waals surface area contributed by atoms with Gasteiger partial charge >= 0.3 is 0 Å². The van der Waals surface area contributed by atoms with Crippen LogP contribution in [0, 0.1) is 11.8 Å². The number of hydrogen-bond acceptors (Lipinski definition) is 3. The lowest BCUT2D eigenvalue weighted by molar-refractivity contribution is -0.126. The lowest BCUT2D eigenvalue weighted by atomic mass is 9.95. The average Bonchev–Trinajstić information content (AvgIpc) is 3.07. The number of nitrogens with one attached hydrogen (secondary N) is 1. The quantitative estimate of drug-likeness (QED) is 0.716. The fourth-order valence-electron chi connectivity index (χ4n) is 3.45. The summed E-state index contributed by atoms with van der Waals surface area (Å²) in [5.41, 5.74) is 8.24. The Morgan fingerprint density at radius 1 is 1.12 bits per heavy atom. The predicted octanol–water partition coefficient (Wildman–Crippen LogP) is 3.36. The van der Waals surface area contributed by atoms with E-state index in [0.717, 1.165) is 44.5 Å². The Morgan fingerprint density at radius 3 is 2.28 bits per heavy atom. The Bertz CT molecular complexity index is 492. The molecule has 3 N–H and O–H groups in total. The molecule has 1 aliphatic carbocycles. The summed E-state index contributed by atoms with van der Waals surface area (Å²) in [5.74, 6) is 0.651. The van der Waals surface area contributed by atoms with E-state index in [-0.39, 0.29) is 36.6 Å². The number of amides is 1. The van der Waals surface area contributed by atoms with Crippen molar-refractivity contribution in [2.45, 2.75) is 46.2 Å². The van der Waals surface area contributed by atoms with Crippen molar-refractivity contribution in [3.8, 4) is 0 Å². The maximum Gasteiger partial charge on any atom is 0.223 e. The van der Waals surface area contributed by atoms with Gasteiger partial charge in [-0.3, -0.25) is 9.69 Å². The van der Waals surface area contributed by atoms with E-state index in [4.69, 9.17) is 5.73 Å². The molecule has 1 saturated carbocycles. The van der Waals surface area contributed by atoms with E-state index >= 15 is 0 Å². The molecule has 1 aliphatic rings. The van der Waals surface area contributed by atoms with E-state index in [1.54, 1.807) is 0 Å². The Kier molecular flexibility index (Phi) is 12.1. The van der Waals surface area contributed by atoms with Gasteiger partial charge in [0.25, 0.3) is 0 Å². The van der Waals surface area contributed by atoms with Crippen molar-refractivity contribution in [3.63, 3.8) is 0 Å². The fraction of sp³-hybridized carbons (Fsp3) is 0.632. The van der Waals surface area contributed by atoms with E-state index in [9.17, 15) is 4.79 Å². The largest absolute Gasteiger partial charge is 0.352 e. The maximum absolute atomic E-state index is 12.3. The Hall–Kier alpha value is -0.810. The Balaban J connectivity index is 0.00000288. The zero-order chi connectivity index (χ0) is 16.7. The SMILES string of the molecule is CCN(CC)Cc1ccc(CNC(=O)[C@@H]2CCC[C@@H]2CN)cc1.Cl.Cl. The minimum absolute atomic E-state index is 0. The van der Waals surface area contributed by atoms with E-state index < -0.39 is 0 Å². The number of nitrogens with zero attached hydrogens (tertiary/aromatic N) is 1. The van der Waals surface area contributed by atoms with Gasteiger partial charge in [-0.05, 0) is 49.5 Å². The molecule has 0 unspecified atom stereocenters. The number of hydrogen-bond donors (Lipinski definition) is 2. The highest BCUT2D eigenvalue weighted by Gasteiger charge is 2.31. The molecule has 0 bridgehead atoms. The third-order valence-corrected chi connectivity index (χ3v) is 5.09. The number of rotatable bonds is 8. The molecule has 1 aromatic carbocycles. The summed E-state index contributed by atoms with van der Waals surface area (Å²) in [7, 11) is 0. The standard InChI is InChI=1S/C19H31N3O.2ClH/c1-3-22(4-2)14-16-10-8-15(9-11-16)13-21-19(23)18-7-5-6-17(18)12-20;;/h8-11,17-18H,3-7,12-14,20H2,1-2H3,(H,21,23);2*1H/t17-,18-;;/m1../s1. The monoisotopic (exact) mass is 389 g/mol. The highest BCUT2D eigenvalue weighted by atomic mass is 35.5. The molecule has 25 heavy (non-hydrogen) atoms. The Morgan fingerprint density at radius 2 is 1.72 bits per heavy atom. The maximum atomic E-state index is 12.3. The van der Waals surface area contributed by atoms with Crippen molar-refractivity contribution in [1.82, 2.24) is 10.2 Å².